The zero-order valence-corrected chi connectivity index (χ0v) is 4.47. The number of hydroxylamine groups is 1. The van der Waals surface area contributed by atoms with Gasteiger partial charge < -0.3 is 5.11 Å². The van der Waals surface area contributed by atoms with Crippen molar-refractivity contribution < 1.29 is 14.7 Å². The maximum absolute atomic E-state index is 9.85. The Balaban J connectivity index is 3.49. The van der Waals surface area contributed by atoms with Crippen molar-refractivity contribution in [2.75, 3.05) is 7.11 Å². The summed E-state index contributed by atoms with van der Waals surface area (Å²) in [6, 6.07) is 0. The van der Waals surface area contributed by atoms with Gasteiger partial charge in [0.05, 0.1) is 7.11 Å². The highest BCUT2D eigenvalue weighted by atomic mass is 16.6. The van der Waals surface area contributed by atoms with E-state index < -0.39 is 5.97 Å². The van der Waals surface area contributed by atoms with Crippen molar-refractivity contribution in [2.45, 2.75) is 0 Å². The number of carbonyl (C=O) groups is 1. The van der Waals surface area contributed by atoms with Crippen LogP contribution in [0.1, 0.15) is 0 Å². The van der Waals surface area contributed by atoms with E-state index in [1.807, 2.05) is 0 Å². The van der Waals surface area contributed by atoms with Gasteiger partial charge in [-0.15, -0.1) is 0 Å². The van der Waals surface area contributed by atoms with Gasteiger partial charge in [-0.25, -0.2) is 4.79 Å². The van der Waals surface area contributed by atoms with Gasteiger partial charge in [-0.05, 0) is 0 Å². The molecule has 0 spiro atoms. The highest BCUT2D eigenvalue weighted by Gasteiger charge is 1.99. The molecule has 0 rings (SSSR count). The summed E-state index contributed by atoms with van der Waals surface area (Å²) in [7, 11) is 1.31. The molecule has 46 valence electrons. The third-order valence-electron chi connectivity index (χ3n) is 0.483. The number of aliphatic carboxylic acids is 1. The van der Waals surface area contributed by atoms with Crippen molar-refractivity contribution in [3.63, 3.8) is 0 Å². The number of carboxylic acids is 1. The summed E-state index contributed by atoms with van der Waals surface area (Å²) in [6.45, 7) is 3.11. The van der Waals surface area contributed by atoms with Gasteiger partial charge in [-0.1, -0.05) is 6.58 Å². The van der Waals surface area contributed by atoms with Crippen molar-refractivity contribution in [1.82, 2.24) is 5.48 Å². The molecular weight excluding hydrogens is 110 g/mol. The van der Waals surface area contributed by atoms with E-state index in [2.05, 4.69) is 16.9 Å². The van der Waals surface area contributed by atoms with E-state index in [1.165, 1.54) is 7.11 Å². The second kappa shape index (κ2) is 3.04. The number of nitrogens with one attached hydrogen (secondary N) is 1. The lowest BCUT2D eigenvalue weighted by Gasteiger charge is -1.98. The summed E-state index contributed by atoms with van der Waals surface area (Å²) < 4.78 is 0. The molecule has 0 heterocycles. The third-order valence-corrected chi connectivity index (χ3v) is 0.483. The number of rotatable bonds is 3. The van der Waals surface area contributed by atoms with E-state index in [0.717, 1.165) is 0 Å². The summed E-state index contributed by atoms with van der Waals surface area (Å²) in [6.07, 6.45) is 0. The molecule has 0 radical (unpaired) electrons. The van der Waals surface area contributed by atoms with Crippen LogP contribution in [0, 0.1) is 0 Å². The molecule has 0 unspecified atom stereocenters. The highest BCUT2D eigenvalue weighted by Crippen LogP contribution is 1.79. The van der Waals surface area contributed by atoms with Crippen LogP contribution in [-0.2, 0) is 9.63 Å². The Morgan fingerprint density at radius 3 is 2.50 bits per heavy atom. The Kier molecular flexibility index (Phi) is 2.64. The van der Waals surface area contributed by atoms with Gasteiger partial charge in [0.2, 0.25) is 0 Å². The molecule has 0 aliphatic carbocycles. The average molecular weight is 117 g/mol. The van der Waals surface area contributed by atoms with E-state index in [-0.39, 0.29) is 5.70 Å². The van der Waals surface area contributed by atoms with Gasteiger partial charge in [0.15, 0.2) is 0 Å². The van der Waals surface area contributed by atoms with E-state index in [0.29, 0.717) is 0 Å². The van der Waals surface area contributed by atoms with Crippen LogP contribution < -0.4 is 5.48 Å². The molecule has 0 aromatic carbocycles. The zero-order chi connectivity index (χ0) is 6.57. The van der Waals surface area contributed by atoms with Crippen LogP contribution in [0.2, 0.25) is 0 Å². The van der Waals surface area contributed by atoms with Gasteiger partial charge >= 0.3 is 5.97 Å². The first kappa shape index (κ1) is 6.97. The second-order valence-electron chi connectivity index (χ2n) is 1.09. The maximum Gasteiger partial charge on any atom is 0.353 e. The molecule has 0 bridgehead atoms. The Morgan fingerprint density at radius 1 is 1.88 bits per heavy atom. The fraction of sp³-hybridized carbons (Fsp3) is 0.250. The number of hydrogen-bond donors (Lipinski definition) is 2. The predicted octanol–water partition coefficient (Wildman–Crippen LogP) is -0.264. The van der Waals surface area contributed by atoms with Gasteiger partial charge in [-0.2, -0.15) is 0 Å². The van der Waals surface area contributed by atoms with Gasteiger partial charge in [0.25, 0.3) is 0 Å². The average Bonchev–Trinajstić information content (AvgIpc) is 1.67. The molecule has 4 heteroatoms. The van der Waals surface area contributed by atoms with Crippen LogP contribution in [0.5, 0.6) is 0 Å². The molecule has 0 amide bonds. The predicted molar refractivity (Wildman–Crippen MR) is 26.9 cm³/mol. The van der Waals surface area contributed by atoms with E-state index in [9.17, 15) is 4.79 Å². The Labute approximate surface area is 46.7 Å². The van der Waals surface area contributed by atoms with Crippen molar-refractivity contribution in [3.8, 4) is 0 Å². The fourth-order valence-corrected chi connectivity index (χ4v) is 0.167. The largest absolute Gasteiger partial charge is 0.477 e. The molecular formula is C4H7NO3. The Bertz CT molecular complexity index is 110. The van der Waals surface area contributed by atoms with Crippen molar-refractivity contribution in [3.05, 3.63) is 12.3 Å². The van der Waals surface area contributed by atoms with Crippen LogP contribution in [0.3, 0.4) is 0 Å². The van der Waals surface area contributed by atoms with E-state index in [1.54, 1.807) is 0 Å². The molecule has 0 aliphatic heterocycles. The fourth-order valence-electron chi connectivity index (χ4n) is 0.167. The van der Waals surface area contributed by atoms with Crippen molar-refractivity contribution in [2.24, 2.45) is 0 Å². The summed E-state index contributed by atoms with van der Waals surface area (Å²) in [4.78, 5) is 14.1. The Hall–Kier alpha value is -1.03. The zero-order valence-electron chi connectivity index (χ0n) is 4.47. The lowest BCUT2D eigenvalue weighted by molar-refractivity contribution is -0.134. The summed E-state index contributed by atoms with van der Waals surface area (Å²) >= 11 is 0. The monoisotopic (exact) mass is 117 g/mol. The first-order chi connectivity index (χ1) is 3.68. The van der Waals surface area contributed by atoms with E-state index >= 15 is 0 Å². The normalized spacial score (nSPS) is 8.12. The van der Waals surface area contributed by atoms with Gasteiger partial charge in [-0.3, -0.25) is 10.3 Å². The molecule has 4 nitrogen and oxygen atoms in total. The number of hydrogen-bond acceptors (Lipinski definition) is 3. The molecule has 2 N–H and O–H groups in total. The molecule has 0 saturated carbocycles. The molecule has 0 aromatic heterocycles. The molecule has 0 atom stereocenters. The summed E-state index contributed by atoms with van der Waals surface area (Å²) in [5.74, 6) is -1.12. The summed E-state index contributed by atoms with van der Waals surface area (Å²) in [5.41, 5.74) is 1.88. The van der Waals surface area contributed by atoms with E-state index in [4.69, 9.17) is 5.11 Å². The van der Waals surface area contributed by atoms with Crippen LogP contribution >= 0.6 is 0 Å². The van der Waals surface area contributed by atoms with Crippen LogP contribution in [0.4, 0.5) is 0 Å². The van der Waals surface area contributed by atoms with Crippen LogP contribution in [0.15, 0.2) is 12.3 Å². The SMILES string of the molecule is C=C(NOC)C(=O)O. The molecule has 0 aliphatic rings. The molecule has 0 aromatic rings. The third kappa shape index (κ3) is 2.20. The quantitative estimate of drug-likeness (QED) is 0.395. The minimum atomic E-state index is -1.12. The molecule has 0 fully saturated rings. The lowest BCUT2D eigenvalue weighted by Crippen LogP contribution is -2.17. The number of carboxylic acid groups (broad SMARTS) is 1. The van der Waals surface area contributed by atoms with Crippen molar-refractivity contribution >= 4 is 5.97 Å². The lowest BCUT2D eigenvalue weighted by atomic mass is 10.5. The second-order valence-corrected chi connectivity index (χ2v) is 1.09. The van der Waals surface area contributed by atoms with Crippen LogP contribution in [-0.4, -0.2) is 18.2 Å². The Morgan fingerprint density at radius 2 is 2.38 bits per heavy atom. The minimum Gasteiger partial charge on any atom is -0.477 e. The van der Waals surface area contributed by atoms with Crippen LogP contribution in [0.25, 0.3) is 0 Å². The molecule has 0 saturated heterocycles. The minimum absolute atomic E-state index is 0.174. The topological polar surface area (TPSA) is 58.6 Å². The molecule has 8 heavy (non-hydrogen) atoms. The maximum atomic E-state index is 9.85. The smallest absolute Gasteiger partial charge is 0.353 e. The standard InChI is InChI=1S/C4H7NO3/c1-3(4(6)7)5-8-2/h5H,1H2,2H3,(H,6,7). The first-order valence-corrected chi connectivity index (χ1v) is 1.89. The van der Waals surface area contributed by atoms with Gasteiger partial charge in [0.1, 0.15) is 5.70 Å². The first-order valence-electron chi connectivity index (χ1n) is 1.89. The van der Waals surface area contributed by atoms with Gasteiger partial charge in [0, 0.05) is 0 Å². The van der Waals surface area contributed by atoms with Crippen molar-refractivity contribution in [1.29, 1.82) is 0 Å². The summed E-state index contributed by atoms with van der Waals surface area (Å²) in [5, 5.41) is 8.07. The highest BCUT2D eigenvalue weighted by molar-refractivity contribution is 5.84.